The molecular formula is C22H20N6O2. The van der Waals surface area contributed by atoms with Crippen LogP contribution in [0.25, 0.3) is 11.0 Å². The summed E-state index contributed by atoms with van der Waals surface area (Å²) in [6, 6.07) is 12.2. The van der Waals surface area contributed by atoms with E-state index in [9.17, 15) is 4.79 Å². The van der Waals surface area contributed by atoms with Gasteiger partial charge in [-0.2, -0.15) is 10.1 Å². The van der Waals surface area contributed by atoms with Crippen LogP contribution in [-0.2, 0) is 11.3 Å². The van der Waals surface area contributed by atoms with Gasteiger partial charge in [-0.05, 0) is 17.7 Å². The summed E-state index contributed by atoms with van der Waals surface area (Å²) in [7, 11) is 0. The van der Waals surface area contributed by atoms with Crippen molar-refractivity contribution in [2.45, 2.75) is 12.6 Å². The fourth-order valence-corrected chi connectivity index (χ4v) is 3.65. The van der Waals surface area contributed by atoms with E-state index in [4.69, 9.17) is 4.74 Å². The number of hydrogen-bond acceptors (Lipinski definition) is 5. The summed E-state index contributed by atoms with van der Waals surface area (Å²) in [6.45, 7) is 5.45. The molecular weight excluding hydrogens is 380 g/mol. The van der Waals surface area contributed by atoms with Crippen LogP contribution in [-0.4, -0.2) is 48.2 Å². The van der Waals surface area contributed by atoms with Crippen LogP contribution in [0.15, 0.2) is 74.0 Å². The Morgan fingerprint density at radius 2 is 2.03 bits per heavy atom. The van der Waals surface area contributed by atoms with Gasteiger partial charge < -0.3 is 14.2 Å². The van der Waals surface area contributed by atoms with Crippen LogP contribution in [0.2, 0.25) is 0 Å². The highest BCUT2D eigenvalue weighted by Crippen LogP contribution is 2.32. The van der Waals surface area contributed by atoms with E-state index in [1.807, 2.05) is 41.3 Å². The smallest absolute Gasteiger partial charge is 0.247 e. The maximum Gasteiger partial charge on any atom is 0.247 e. The van der Waals surface area contributed by atoms with Gasteiger partial charge in [-0.25, -0.2) is 4.98 Å². The average Bonchev–Trinajstić information content (AvgIpc) is 3.35. The predicted octanol–water partition coefficient (Wildman–Crippen LogP) is 3.04. The minimum Gasteiger partial charge on any atom is -0.434 e. The highest BCUT2D eigenvalue weighted by Gasteiger charge is 2.32. The molecule has 30 heavy (non-hydrogen) atoms. The third-order valence-electron chi connectivity index (χ3n) is 5.22. The number of carbonyl (C=O) groups is 1. The number of benzene rings is 1. The van der Waals surface area contributed by atoms with Gasteiger partial charge in [0.1, 0.15) is 11.8 Å². The first-order valence-corrected chi connectivity index (χ1v) is 9.68. The highest BCUT2D eigenvalue weighted by atomic mass is 16.5. The quantitative estimate of drug-likeness (QED) is 0.465. The van der Waals surface area contributed by atoms with E-state index in [2.05, 4.69) is 38.3 Å². The van der Waals surface area contributed by atoms with Crippen LogP contribution in [0, 0.1) is 0 Å². The molecule has 1 fully saturated rings. The lowest BCUT2D eigenvalue weighted by molar-refractivity contribution is -0.131. The van der Waals surface area contributed by atoms with Crippen molar-refractivity contribution in [3.63, 3.8) is 0 Å². The third-order valence-corrected chi connectivity index (χ3v) is 5.22. The summed E-state index contributed by atoms with van der Waals surface area (Å²) in [4.78, 5) is 22.2. The molecule has 4 aromatic rings. The third kappa shape index (κ3) is 3.32. The summed E-state index contributed by atoms with van der Waals surface area (Å²) in [5.41, 5.74) is 2.77. The van der Waals surface area contributed by atoms with E-state index in [0.717, 1.165) is 16.6 Å². The molecule has 0 N–H and O–H groups in total. The number of nitrogens with zero attached hydrogens (tertiary/aromatic N) is 6. The lowest BCUT2D eigenvalue weighted by atomic mass is 10.1. The first-order chi connectivity index (χ1) is 14.7. The molecule has 0 spiro atoms. The van der Waals surface area contributed by atoms with Crippen molar-refractivity contribution in [2.75, 3.05) is 13.1 Å². The van der Waals surface area contributed by atoms with Crippen LogP contribution < -0.4 is 4.74 Å². The number of aromatic nitrogens is 5. The number of likely N-dealkylation sites (tertiary alicyclic amines) is 1. The molecule has 0 unspecified atom stereocenters. The molecule has 1 aliphatic rings. The largest absolute Gasteiger partial charge is 0.434 e. The Kier molecular flexibility index (Phi) is 4.51. The second kappa shape index (κ2) is 7.47. The van der Waals surface area contributed by atoms with Crippen molar-refractivity contribution in [3.05, 3.63) is 79.5 Å². The number of ether oxygens (including phenoxy) is 1. The Balaban J connectivity index is 1.37. The number of carbonyl (C=O) groups excluding carboxylic acids is 1. The van der Waals surface area contributed by atoms with E-state index in [0.29, 0.717) is 31.3 Å². The molecule has 5 rings (SSSR count). The maximum atomic E-state index is 11.8. The minimum atomic E-state index is -0.0544. The number of rotatable bonds is 6. The van der Waals surface area contributed by atoms with Crippen LogP contribution in [0.1, 0.15) is 11.6 Å². The summed E-state index contributed by atoms with van der Waals surface area (Å²) >= 11 is 0. The van der Waals surface area contributed by atoms with Crippen molar-refractivity contribution in [3.8, 4) is 11.6 Å². The zero-order chi connectivity index (χ0) is 20.5. The van der Waals surface area contributed by atoms with Crippen LogP contribution in [0.3, 0.4) is 0 Å². The fraction of sp³-hybridized carbons (Fsp3) is 0.182. The molecule has 150 valence electrons. The molecule has 3 aromatic heterocycles. The molecule has 0 bridgehead atoms. The molecule has 1 aromatic carbocycles. The van der Waals surface area contributed by atoms with Gasteiger partial charge >= 0.3 is 0 Å². The normalized spacial score (nSPS) is 13.9. The predicted molar refractivity (Wildman–Crippen MR) is 111 cm³/mol. The van der Waals surface area contributed by atoms with Gasteiger partial charge in [0, 0.05) is 19.3 Å². The topological polar surface area (TPSA) is 78.1 Å². The van der Waals surface area contributed by atoms with Gasteiger partial charge in [-0.3, -0.25) is 9.48 Å². The molecule has 8 nitrogen and oxygen atoms in total. The second-order valence-electron chi connectivity index (χ2n) is 7.20. The Labute approximate surface area is 173 Å². The van der Waals surface area contributed by atoms with Crippen LogP contribution in [0.4, 0.5) is 0 Å². The van der Waals surface area contributed by atoms with Crippen LogP contribution >= 0.6 is 0 Å². The van der Waals surface area contributed by atoms with Gasteiger partial charge in [0.05, 0.1) is 30.5 Å². The van der Waals surface area contributed by atoms with Gasteiger partial charge in [0.2, 0.25) is 11.8 Å². The molecule has 8 heteroatoms. The lowest BCUT2D eigenvalue weighted by Crippen LogP contribution is -2.49. The standard InChI is InChI=1S/C22H20N6O2/c1-2-20(29)26-12-17(13-26)28-9-8-19-21(28)22(24-15-23-19)30-18-10-25-27(14-18)11-16-6-4-3-5-7-16/h2-10,14-15,17H,1,11-13H2. The molecule has 1 amide bonds. The second-order valence-corrected chi connectivity index (χ2v) is 7.20. The fourth-order valence-electron chi connectivity index (χ4n) is 3.65. The van der Waals surface area contributed by atoms with E-state index >= 15 is 0 Å². The highest BCUT2D eigenvalue weighted by molar-refractivity contribution is 5.88. The number of fused-ring (bicyclic) bond motifs is 1. The number of amides is 1. The first kappa shape index (κ1) is 18.1. The van der Waals surface area contributed by atoms with Crippen molar-refractivity contribution in [1.82, 2.24) is 29.2 Å². The van der Waals surface area contributed by atoms with E-state index in [1.165, 1.54) is 12.4 Å². The molecule has 1 saturated heterocycles. The average molecular weight is 400 g/mol. The molecule has 0 saturated carbocycles. The summed E-state index contributed by atoms with van der Waals surface area (Å²) < 4.78 is 9.97. The van der Waals surface area contributed by atoms with Crippen molar-refractivity contribution in [2.24, 2.45) is 0 Å². The van der Waals surface area contributed by atoms with Crippen molar-refractivity contribution >= 4 is 16.9 Å². The van der Waals surface area contributed by atoms with Gasteiger partial charge in [0.25, 0.3) is 0 Å². The van der Waals surface area contributed by atoms with Gasteiger partial charge in [-0.1, -0.05) is 36.9 Å². The lowest BCUT2D eigenvalue weighted by Gasteiger charge is -2.39. The summed E-state index contributed by atoms with van der Waals surface area (Å²) in [5.74, 6) is 1.02. The van der Waals surface area contributed by atoms with E-state index in [-0.39, 0.29) is 11.9 Å². The van der Waals surface area contributed by atoms with Gasteiger partial charge in [-0.15, -0.1) is 0 Å². The molecule has 0 radical (unpaired) electrons. The molecule has 1 aliphatic heterocycles. The Bertz CT molecular complexity index is 1210. The zero-order valence-electron chi connectivity index (χ0n) is 16.3. The zero-order valence-corrected chi connectivity index (χ0v) is 16.3. The number of hydrogen-bond donors (Lipinski definition) is 0. The molecule has 0 aliphatic carbocycles. The molecule has 0 atom stereocenters. The Hall–Kier alpha value is -3.94. The Morgan fingerprint density at radius 3 is 2.83 bits per heavy atom. The first-order valence-electron chi connectivity index (χ1n) is 9.68. The van der Waals surface area contributed by atoms with Crippen molar-refractivity contribution < 1.29 is 9.53 Å². The van der Waals surface area contributed by atoms with Crippen LogP contribution in [0.5, 0.6) is 11.6 Å². The SMILES string of the molecule is C=CC(=O)N1CC(n2ccc3ncnc(Oc4cnn(Cc5ccccc5)c4)c32)C1. The Morgan fingerprint density at radius 1 is 1.20 bits per heavy atom. The summed E-state index contributed by atoms with van der Waals surface area (Å²) in [6.07, 6.45) is 8.32. The van der Waals surface area contributed by atoms with Gasteiger partial charge in [0.15, 0.2) is 5.75 Å². The van der Waals surface area contributed by atoms with E-state index < -0.39 is 0 Å². The minimum absolute atomic E-state index is 0.0544. The monoisotopic (exact) mass is 400 g/mol. The van der Waals surface area contributed by atoms with E-state index in [1.54, 1.807) is 11.1 Å². The maximum absolute atomic E-state index is 11.8. The molecule has 4 heterocycles. The van der Waals surface area contributed by atoms with Crippen molar-refractivity contribution in [1.29, 1.82) is 0 Å². The summed E-state index contributed by atoms with van der Waals surface area (Å²) in [5, 5.41) is 4.39.